The fraction of sp³-hybridized carbons (Fsp3) is 1.00. The lowest BCUT2D eigenvalue weighted by molar-refractivity contribution is 0.503. The molecule has 0 aliphatic rings. The van der Waals surface area contributed by atoms with E-state index >= 15 is 0 Å². The molecule has 0 aromatic carbocycles. The van der Waals surface area contributed by atoms with Crippen molar-refractivity contribution in [3.63, 3.8) is 0 Å². The predicted octanol–water partition coefficient (Wildman–Crippen LogP) is 7.34. The van der Waals surface area contributed by atoms with Crippen LogP contribution in [-0.2, 0) is 0 Å². The lowest BCUT2D eigenvalue weighted by atomic mass is 10.0. The summed E-state index contributed by atoms with van der Waals surface area (Å²) in [6.45, 7) is 4.66. The normalized spacial score (nSPS) is 11.4. The molecule has 0 aromatic heterocycles. The maximum absolute atomic E-state index is 5.66. The van der Waals surface area contributed by atoms with Gasteiger partial charge in [0.2, 0.25) is 0 Å². The van der Waals surface area contributed by atoms with E-state index in [-0.39, 0.29) is 0 Å². The predicted molar refractivity (Wildman–Crippen MR) is 90.2 cm³/mol. The van der Waals surface area contributed by atoms with Gasteiger partial charge in [-0.3, -0.25) is 0 Å². The Bertz CT molecular complexity index is 154. The minimum absolute atomic E-state index is 0.844. The first-order valence-electron chi connectivity index (χ1n) is 8.83. The summed E-state index contributed by atoms with van der Waals surface area (Å²) in [4.78, 5) is 0. The third kappa shape index (κ3) is 18.3. The zero-order valence-corrected chi connectivity index (χ0v) is 14.3. The van der Waals surface area contributed by atoms with Gasteiger partial charge < -0.3 is 0 Å². The van der Waals surface area contributed by atoms with Crippen LogP contribution in [0.2, 0.25) is 0 Å². The molecule has 19 heavy (non-hydrogen) atoms. The summed E-state index contributed by atoms with van der Waals surface area (Å²) < 4.78 is 0. The molecule has 0 fully saturated rings. The van der Waals surface area contributed by atoms with Gasteiger partial charge in [-0.25, -0.2) is 0 Å². The minimum Gasteiger partial charge on any atom is -0.127 e. The van der Waals surface area contributed by atoms with Crippen LogP contribution >= 0.6 is 11.6 Å². The fourth-order valence-electron chi connectivity index (χ4n) is 2.59. The summed E-state index contributed by atoms with van der Waals surface area (Å²) in [5.74, 6) is 1.74. The molecule has 116 valence electrons. The number of alkyl halides is 1. The van der Waals surface area contributed by atoms with Crippen LogP contribution in [0, 0.1) is 5.92 Å². The van der Waals surface area contributed by atoms with E-state index in [0.717, 1.165) is 11.8 Å². The zero-order valence-electron chi connectivity index (χ0n) is 13.6. The van der Waals surface area contributed by atoms with Gasteiger partial charge in [0.05, 0.1) is 0 Å². The molecule has 0 rings (SSSR count). The van der Waals surface area contributed by atoms with Gasteiger partial charge in [-0.15, -0.1) is 11.6 Å². The van der Waals surface area contributed by atoms with Crippen molar-refractivity contribution in [1.29, 1.82) is 0 Å². The van der Waals surface area contributed by atoms with Crippen molar-refractivity contribution in [2.45, 2.75) is 104 Å². The molecule has 0 aromatic rings. The number of hydrogen-bond acceptors (Lipinski definition) is 0. The summed E-state index contributed by atoms with van der Waals surface area (Å²) in [7, 11) is 0. The van der Waals surface area contributed by atoms with Crippen molar-refractivity contribution >= 4 is 11.6 Å². The fourth-order valence-corrected chi connectivity index (χ4v) is 2.78. The first-order valence-corrected chi connectivity index (χ1v) is 9.36. The van der Waals surface area contributed by atoms with Crippen molar-refractivity contribution in [3.8, 4) is 0 Å². The standard InChI is InChI=1S/C18H37Cl/c1-18(2)16-14-12-10-8-6-4-3-5-7-9-11-13-15-17-19/h18H,3-17H2,1-2H3. The van der Waals surface area contributed by atoms with Crippen LogP contribution in [0.15, 0.2) is 0 Å². The maximum atomic E-state index is 5.66. The van der Waals surface area contributed by atoms with Crippen molar-refractivity contribution in [3.05, 3.63) is 0 Å². The lowest BCUT2D eigenvalue weighted by Crippen LogP contribution is -1.87. The van der Waals surface area contributed by atoms with E-state index in [1.165, 1.54) is 89.9 Å². The highest BCUT2D eigenvalue weighted by atomic mass is 35.5. The molecule has 0 N–H and O–H groups in total. The Hall–Kier alpha value is 0.290. The molecule has 0 heterocycles. The first kappa shape index (κ1) is 19.3. The molecule has 0 saturated carbocycles. The summed E-state index contributed by atoms with van der Waals surface area (Å²) >= 11 is 5.66. The zero-order chi connectivity index (χ0) is 14.2. The number of unbranched alkanes of at least 4 members (excludes halogenated alkanes) is 12. The van der Waals surface area contributed by atoms with Crippen LogP contribution in [0.25, 0.3) is 0 Å². The third-order valence-electron chi connectivity index (χ3n) is 3.92. The molecule has 0 atom stereocenters. The Labute approximate surface area is 127 Å². The van der Waals surface area contributed by atoms with E-state index in [0.29, 0.717) is 0 Å². The highest BCUT2D eigenvalue weighted by molar-refractivity contribution is 6.17. The van der Waals surface area contributed by atoms with E-state index in [9.17, 15) is 0 Å². The Balaban J connectivity index is 2.91. The molecule has 1 heteroatoms. The molecule has 0 aliphatic heterocycles. The van der Waals surface area contributed by atoms with E-state index in [1.54, 1.807) is 0 Å². The molecular formula is C18H37Cl. The van der Waals surface area contributed by atoms with E-state index in [4.69, 9.17) is 11.6 Å². The van der Waals surface area contributed by atoms with Gasteiger partial charge in [-0.05, 0) is 12.3 Å². The van der Waals surface area contributed by atoms with Gasteiger partial charge in [-0.2, -0.15) is 0 Å². The average Bonchev–Trinajstić information content (AvgIpc) is 2.39. The molecule has 0 nitrogen and oxygen atoms in total. The second-order valence-electron chi connectivity index (χ2n) is 6.47. The Morgan fingerprint density at radius 1 is 0.526 bits per heavy atom. The van der Waals surface area contributed by atoms with Gasteiger partial charge in [0.25, 0.3) is 0 Å². The van der Waals surface area contributed by atoms with E-state index in [2.05, 4.69) is 13.8 Å². The van der Waals surface area contributed by atoms with E-state index < -0.39 is 0 Å². The van der Waals surface area contributed by atoms with Crippen LogP contribution in [-0.4, -0.2) is 5.88 Å². The number of rotatable bonds is 15. The second-order valence-corrected chi connectivity index (χ2v) is 6.85. The van der Waals surface area contributed by atoms with Crippen LogP contribution in [0.4, 0.5) is 0 Å². The minimum atomic E-state index is 0.844. The van der Waals surface area contributed by atoms with Crippen molar-refractivity contribution in [2.75, 3.05) is 5.88 Å². The quantitative estimate of drug-likeness (QED) is 0.218. The molecule has 0 bridgehead atoms. The first-order chi connectivity index (χ1) is 9.27. The van der Waals surface area contributed by atoms with Crippen LogP contribution < -0.4 is 0 Å². The third-order valence-corrected chi connectivity index (χ3v) is 4.18. The van der Waals surface area contributed by atoms with Gasteiger partial charge in [0.15, 0.2) is 0 Å². The van der Waals surface area contributed by atoms with Crippen LogP contribution in [0.5, 0.6) is 0 Å². The van der Waals surface area contributed by atoms with Crippen LogP contribution in [0.1, 0.15) is 104 Å². The highest BCUT2D eigenvalue weighted by Gasteiger charge is 1.95. The molecule has 0 spiro atoms. The topological polar surface area (TPSA) is 0 Å². The smallest absolute Gasteiger partial charge is 0.0223 e. The SMILES string of the molecule is CC(C)CCCCCCCCCCCCCCCCl. The average molecular weight is 289 g/mol. The summed E-state index contributed by atoms with van der Waals surface area (Å²) in [5.41, 5.74) is 0. The van der Waals surface area contributed by atoms with E-state index in [1.807, 2.05) is 0 Å². The van der Waals surface area contributed by atoms with Crippen LogP contribution in [0.3, 0.4) is 0 Å². The molecule has 0 radical (unpaired) electrons. The van der Waals surface area contributed by atoms with Crippen molar-refractivity contribution in [1.82, 2.24) is 0 Å². The molecular weight excluding hydrogens is 252 g/mol. The molecule has 0 aliphatic carbocycles. The lowest BCUT2D eigenvalue weighted by Gasteiger charge is -2.04. The monoisotopic (exact) mass is 288 g/mol. The van der Waals surface area contributed by atoms with Crippen molar-refractivity contribution in [2.24, 2.45) is 5.92 Å². The number of hydrogen-bond donors (Lipinski definition) is 0. The van der Waals surface area contributed by atoms with Gasteiger partial charge in [-0.1, -0.05) is 97.3 Å². The van der Waals surface area contributed by atoms with Gasteiger partial charge >= 0.3 is 0 Å². The highest BCUT2D eigenvalue weighted by Crippen LogP contribution is 2.14. The summed E-state index contributed by atoms with van der Waals surface area (Å²) in [6.07, 6.45) is 19.9. The Morgan fingerprint density at radius 3 is 1.16 bits per heavy atom. The van der Waals surface area contributed by atoms with Crippen molar-refractivity contribution < 1.29 is 0 Å². The largest absolute Gasteiger partial charge is 0.127 e. The molecule has 0 amide bonds. The number of halogens is 1. The summed E-state index contributed by atoms with van der Waals surface area (Å²) in [6, 6.07) is 0. The molecule has 0 unspecified atom stereocenters. The molecule has 0 saturated heterocycles. The Kier molecular flexibility index (Phi) is 16.6. The second kappa shape index (κ2) is 16.3. The van der Waals surface area contributed by atoms with Gasteiger partial charge in [0.1, 0.15) is 0 Å². The maximum Gasteiger partial charge on any atom is 0.0223 e. The Morgan fingerprint density at radius 2 is 0.842 bits per heavy atom. The van der Waals surface area contributed by atoms with Gasteiger partial charge in [0, 0.05) is 5.88 Å². The summed E-state index contributed by atoms with van der Waals surface area (Å²) in [5, 5.41) is 0.